The summed E-state index contributed by atoms with van der Waals surface area (Å²) in [6, 6.07) is 10.1. The standard InChI is InChI=1S/C20H28BNO4/c1-19(2)14-11-15(19)20(3)16(12-14)25-21(26-20)17(22-18(23)24)10-9-13-7-5-4-6-8-13/h4-8,14-17,22H,9-12H2,1-3H3,(H,23,24)/t14-,15-,16+,17?,20-/m0/s1. The summed E-state index contributed by atoms with van der Waals surface area (Å²) in [5.74, 6) is 0.793. The summed E-state index contributed by atoms with van der Waals surface area (Å²) < 4.78 is 12.7. The lowest BCUT2D eigenvalue weighted by atomic mass is 9.43. The molecule has 3 aliphatic carbocycles. The van der Waals surface area contributed by atoms with E-state index in [0.717, 1.165) is 12.8 Å². The van der Waals surface area contributed by atoms with E-state index < -0.39 is 13.2 Å². The molecule has 3 saturated carbocycles. The van der Waals surface area contributed by atoms with Crippen molar-refractivity contribution in [3.05, 3.63) is 35.9 Å². The van der Waals surface area contributed by atoms with E-state index in [9.17, 15) is 9.90 Å². The third-order valence-electron chi connectivity index (χ3n) is 7.19. The third-order valence-corrected chi connectivity index (χ3v) is 7.19. The molecule has 0 radical (unpaired) electrons. The van der Waals surface area contributed by atoms with Crippen molar-refractivity contribution in [1.82, 2.24) is 5.32 Å². The molecule has 5 rings (SSSR count). The monoisotopic (exact) mass is 357 g/mol. The smallest absolute Gasteiger partial charge is 0.465 e. The Balaban J connectivity index is 1.48. The molecule has 1 aliphatic heterocycles. The largest absolute Gasteiger partial charge is 0.481 e. The van der Waals surface area contributed by atoms with Gasteiger partial charge in [-0.05, 0) is 55.4 Å². The van der Waals surface area contributed by atoms with Crippen LogP contribution in [0.4, 0.5) is 4.79 Å². The zero-order valence-electron chi connectivity index (χ0n) is 15.8. The Morgan fingerprint density at radius 1 is 1.31 bits per heavy atom. The first kappa shape index (κ1) is 17.9. The Morgan fingerprint density at radius 3 is 2.69 bits per heavy atom. The second kappa shape index (κ2) is 6.27. The number of hydrogen-bond donors (Lipinski definition) is 2. The number of carboxylic acid groups (broad SMARTS) is 1. The Hall–Kier alpha value is -1.53. The molecule has 4 aliphatic rings. The van der Waals surface area contributed by atoms with Crippen molar-refractivity contribution in [3.8, 4) is 0 Å². The zero-order chi connectivity index (χ0) is 18.5. The SMILES string of the molecule is CC1(C)[C@@H]2C[C@H]3OB(C(CCc4ccccc4)NC(=O)O)O[C@@]3(C)[C@H]1C2. The molecule has 2 bridgehead atoms. The predicted octanol–water partition coefficient (Wildman–Crippen LogP) is 3.52. The second-order valence-corrected chi connectivity index (χ2v) is 8.92. The van der Waals surface area contributed by atoms with Crippen LogP contribution >= 0.6 is 0 Å². The predicted molar refractivity (Wildman–Crippen MR) is 99.8 cm³/mol. The normalized spacial score (nSPS) is 35.3. The van der Waals surface area contributed by atoms with Crippen LogP contribution in [0, 0.1) is 17.3 Å². The number of hydrogen-bond acceptors (Lipinski definition) is 3. The molecular formula is C20H28BNO4. The highest BCUT2D eigenvalue weighted by Gasteiger charge is 2.68. The van der Waals surface area contributed by atoms with E-state index in [0.29, 0.717) is 18.3 Å². The van der Waals surface area contributed by atoms with Gasteiger partial charge in [0.25, 0.3) is 0 Å². The quantitative estimate of drug-likeness (QED) is 0.792. The van der Waals surface area contributed by atoms with Crippen molar-refractivity contribution in [2.75, 3.05) is 0 Å². The van der Waals surface area contributed by atoms with Crippen LogP contribution < -0.4 is 5.32 Å². The Kier molecular flexibility index (Phi) is 4.31. The molecule has 5 nitrogen and oxygen atoms in total. The average Bonchev–Trinajstić information content (AvgIpc) is 2.96. The van der Waals surface area contributed by atoms with E-state index in [-0.39, 0.29) is 23.1 Å². The van der Waals surface area contributed by atoms with E-state index in [1.807, 2.05) is 18.2 Å². The van der Waals surface area contributed by atoms with Crippen molar-refractivity contribution in [3.63, 3.8) is 0 Å². The zero-order valence-corrected chi connectivity index (χ0v) is 15.8. The first-order valence-corrected chi connectivity index (χ1v) is 9.67. The van der Waals surface area contributed by atoms with Gasteiger partial charge in [-0.15, -0.1) is 0 Å². The van der Waals surface area contributed by atoms with Crippen LogP contribution in [0.15, 0.2) is 30.3 Å². The van der Waals surface area contributed by atoms with Gasteiger partial charge in [0.15, 0.2) is 0 Å². The lowest BCUT2D eigenvalue weighted by Gasteiger charge is -2.64. The van der Waals surface area contributed by atoms with Crippen molar-refractivity contribution in [2.24, 2.45) is 17.3 Å². The molecule has 5 atom stereocenters. The number of aryl methyl sites for hydroxylation is 1. The van der Waals surface area contributed by atoms with Crippen LogP contribution in [0.1, 0.15) is 45.6 Å². The van der Waals surface area contributed by atoms with Gasteiger partial charge in [-0.25, -0.2) is 4.79 Å². The summed E-state index contributed by atoms with van der Waals surface area (Å²) in [4.78, 5) is 11.3. The van der Waals surface area contributed by atoms with Crippen molar-refractivity contribution in [2.45, 2.75) is 64.1 Å². The van der Waals surface area contributed by atoms with Gasteiger partial charge in [0.2, 0.25) is 0 Å². The van der Waals surface area contributed by atoms with Gasteiger partial charge in [0, 0.05) is 0 Å². The first-order valence-electron chi connectivity index (χ1n) is 9.67. The van der Waals surface area contributed by atoms with Gasteiger partial charge >= 0.3 is 13.2 Å². The van der Waals surface area contributed by atoms with Gasteiger partial charge in [-0.3, -0.25) is 0 Å². The van der Waals surface area contributed by atoms with Crippen LogP contribution in [0.5, 0.6) is 0 Å². The number of nitrogens with one attached hydrogen (secondary N) is 1. The summed E-state index contributed by atoms with van der Waals surface area (Å²) >= 11 is 0. The lowest BCUT2D eigenvalue weighted by Crippen LogP contribution is -2.65. The van der Waals surface area contributed by atoms with E-state index in [4.69, 9.17) is 9.31 Å². The van der Waals surface area contributed by atoms with E-state index in [1.165, 1.54) is 12.0 Å². The van der Waals surface area contributed by atoms with Gasteiger partial charge in [0.1, 0.15) is 0 Å². The maximum absolute atomic E-state index is 11.3. The molecule has 1 unspecified atom stereocenters. The number of benzene rings is 1. The Labute approximate surface area is 155 Å². The van der Waals surface area contributed by atoms with Crippen LogP contribution in [0.2, 0.25) is 0 Å². The second-order valence-electron chi connectivity index (χ2n) is 8.92. The molecule has 1 aromatic rings. The molecular weight excluding hydrogens is 329 g/mol. The Bertz CT molecular complexity index is 682. The molecule has 1 saturated heterocycles. The van der Waals surface area contributed by atoms with Crippen molar-refractivity contribution >= 4 is 13.2 Å². The van der Waals surface area contributed by atoms with E-state index in [1.54, 1.807) is 0 Å². The fourth-order valence-corrected chi connectivity index (χ4v) is 5.47. The lowest BCUT2D eigenvalue weighted by molar-refractivity contribution is -0.199. The molecule has 140 valence electrons. The highest BCUT2D eigenvalue weighted by molar-refractivity contribution is 6.47. The summed E-state index contributed by atoms with van der Waals surface area (Å²) in [5.41, 5.74) is 1.16. The topological polar surface area (TPSA) is 67.8 Å². The average molecular weight is 357 g/mol. The number of amides is 1. The molecule has 1 aromatic carbocycles. The molecule has 2 N–H and O–H groups in total. The van der Waals surface area contributed by atoms with Gasteiger partial charge in [0.05, 0.1) is 17.6 Å². The minimum atomic E-state index is -1.03. The molecule has 4 fully saturated rings. The maximum atomic E-state index is 11.3. The van der Waals surface area contributed by atoms with Crippen LogP contribution in [0.25, 0.3) is 0 Å². The molecule has 0 spiro atoms. The van der Waals surface area contributed by atoms with Gasteiger partial charge in [-0.2, -0.15) is 0 Å². The van der Waals surface area contributed by atoms with Crippen molar-refractivity contribution in [1.29, 1.82) is 0 Å². The summed E-state index contributed by atoms with van der Waals surface area (Å²) in [6.07, 6.45) is 2.68. The molecule has 1 heterocycles. The van der Waals surface area contributed by atoms with Gasteiger partial charge in [-0.1, -0.05) is 44.2 Å². The van der Waals surface area contributed by atoms with Crippen molar-refractivity contribution < 1.29 is 19.2 Å². The molecule has 1 amide bonds. The minimum Gasteiger partial charge on any atom is -0.465 e. The van der Waals surface area contributed by atoms with Gasteiger partial charge < -0.3 is 19.7 Å². The maximum Gasteiger partial charge on any atom is 0.481 e. The highest BCUT2D eigenvalue weighted by Crippen LogP contribution is 2.65. The summed E-state index contributed by atoms with van der Waals surface area (Å²) in [7, 11) is -0.514. The fourth-order valence-electron chi connectivity index (χ4n) is 5.47. The fraction of sp³-hybridized carbons (Fsp3) is 0.650. The summed E-state index contributed by atoms with van der Waals surface area (Å²) in [5, 5.41) is 11.9. The molecule has 0 aromatic heterocycles. The summed E-state index contributed by atoms with van der Waals surface area (Å²) in [6.45, 7) is 6.81. The highest BCUT2D eigenvalue weighted by atomic mass is 16.7. The minimum absolute atomic E-state index is 0.0686. The van der Waals surface area contributed by atoms with E-state index >= 15 is 0 Å². The number of rotatable bonds is 5. The van der Waals surface area contributed by atoms with Crippen LogP contribution in [-0.2, 0) is 15.7 Å². The third kappa shape index (κ3) is 2.83. The Morgan fingerprint density at radius 2 is 2.04 bits per heavy atom. The molecule has 6 heteroatoms. The van der Waals surface area contributed by atoms with Crippen LogP contribution in [0.3, 0.4) is 0 Å². The molecule has 26 heavy (non-hydrogen) atoms. The number of carbonyl (C=O) groups is 1. The van der Waals surface area contributed by atoms with E-state index in [2.05, 4.69) is 38.2 Å². The first-order chi connectivity index (χ1) is 12.3. The van der Waals surface area contributed by atoms with Crippen LogP contribution in [-0.4, -0.2) is 36.0 Å².